The average molecular weight is 300 g/mol. The highest BCUT2D eigenvalue weighted by atomic mass is 16.5. The quantitative estimate of drug-likeness (QED) is 0.763. The van der Waals surface area contributed by atoms with Gasteiger partial charge in [-0.2, -0.15) is 5.10 Å². The summed E-state index contributed by atoms with van der Waals surface area (Å²) in [5, 5.41) is 14.4. The molecule has 0 unspecified atom stereocenters. The number of fused-ring (bicyclic) bond motifs is 1. The monoisotopic (exact) mass is 300 g/mol. The molecular formula is C14H16N6O2. The predicted molar refractivity (Wildman–Crippen MR) is 80.5 cm³/mol. The van der Waals surface area contributed by atoms with Gasteiger partial charge in [-0.15, -0.1) is 0 Å². The second-order valence-electron chi connectivity index (χ2n) is 4.97. The molecule has 3 rings (SSSR count). The smallest absolute Gasteiger partial charge is 0.319 e. The summed E-state index contributed by atoms with van der Waals surface area (Å²) < 4.78 is 6.44. The Morgan fingerprint density at radius 2 is 2.27 bits per heavy atom. The zero-order chi connectivity index (χ0) is 15.5. The Hall–Kier alpha value is -2.90. The van der Waals surface area contributed by atoms with Crippen molar-refractivity contribution < 1.29 is 9.32 Å². The number of hydrogen-bond acceptors (Lipinski definition) is 5. The van der Waals surface area contributed by atoms with E-state index in [4.69, 9.17) is 4.52 Å². The second kappa shape index (κ2) is 5.84. The number of carbonyl (C=O) groups excluding carboxylic acids is 1. The molecule has 3 aromatic heterocycles. The first kappa shape index (κ1) is 14.1. The first-order valence-corrected chi connectivity index (χ1v) is 6.86. The second-order valence-corrected chi connectivity index (χ2v) is 4.97. The third kappa shape index (κ3) is 2.90. The van der Waals surface area contributed by atoms with Crippen LogP contribution in [0.3, 0.4) is 0 Å². The summed E-state index contributed by atoms with van der Waals surface area (Å²) in [5.74, 6) is 0. The number of aryl methyl sites for hydroxylation is 2. The maximum Gasteiger partial charge on any atom is 0.319 e. The minimum Gasteiger partial charge on any atom is -0.364 e. The van der Waals surface area contributed by atoms with Gasteiger partial charge < -0.3 is 15.2 Å². The molecule has 3 heterocycles. The fraction of sp³-hybridized carbons (Fsp3) is 0.286. The lowest BCUT2D eigenvalue weighted by Gasteiger charge is -2.07. The molecule has 0 aliphatic rings. The van der Waals surface area contributed by atoms with Gasteiger partial charge in [0.25, 0.3) is 0 Å². The van der Waals surface area contributed by atoms with Crippen molar-refractivity contribution in [2.75, 3.05) is 11.9 Å². The van der Waals surface area contributed by atoms with Gasteiger partial charge in [-0.05, 0) is 19.4 Å². The van der Waals surface area contributed by atoms with Crippen molar-refractivity contribution in [3.05, 3.63) is 36.0 Å². The summed E-state index contributed by atoms with van der Waals surface area (Å²) in [4.78, 5) is 16.2. The normalized spacial score (nSPS) is 10.8. The molecule has 0 radical (unpaired) electrons. The van der Waals surface area contributed by atoms with Crippen molar-refractivity contribution in [1.82, 2.24) is 25.2 Å². The number of hydrogen-bond donors (Lipinski definition) is 2. The van der Waals surface area contributed by atoms with E-state index in [0.717, 1.165) is 22.3 Å². The van der Waals surface area contributed by atoms with Gasteiger partial charge in [-0.3, -0.25) is 4.68 Å². The van der Waals surface area contributed by atoms with E-state index in [0.29, 0.717) is 18.7 Å². The highest BCUT2D eigenvalue weighted by Crippen LogP contribution is 2.19. The SMILES string of the molecule is Cc1nn(C)c2ncc(NC(=O)NCCc3cnoc3)cc12. The molecule has 22 heavy (non-hydrogen) atoms. The van der Waals surface area contributed by atoms with E-state index in [-0.39, 0.29) is 6.03 Å². The van der Waals surface area contributed by atoms with Crippen LogP contribution >= 0.6 is 0 Å². The molecule has 3 aromatic rings. The van der Waals surface area contributed by atoms with Crippen LogP contribution in [0.5, 0.6) is 0 Å². The summed E-state index contributed by atoms with van der Waals surface area (Å²) >= 11 is 0. The summed E-state index contributed by atoms with van der Waals surface area (Å²) in [6.45, 7) is 2.40. The molecule has 0 aromatic carbocycles. The molecule has 0 aliphatic carbocycles. The number of pyridine rings is 1. The Morgan fingerprint density at radius 3 is 3.05 bits per heavy atom. The third-order valence-electron chi connectivity index (χ3n) is 3.30. The Labute approximate surface area is 126 Å². The van der Waals surface area contributed by atoms with Crippen LogP contribution in [0.1, 0.15) is 11.3 Å². The van der Waals surface area contributed by atoms with Crippen LogP contribution in [0, 0.1) is 6.92 Å². The van der Waals surface area contributed by atoms with Crippen molar-refractivity contribution in [3.8, 4) is 0 Å². The summed E-state index contributed by atoms with van der Waals surface area (Å²) in [6, 6.07) is 1.59. The van der Waals surface area contributed by atoms with Crippen molar-refractivity contribution in [3.63, 3.8) is 0 Å². The number of amides is 2. The van der Waals surface area contributed by atoms with Crippen LogP contribution < -0.4 is 10.6 Å². The molecule has 8 heteroatoms. The van der Waals surface area contributed by atoms with E-state index < -0.39 is 0 Å². The average Bonchev–Trinajstić information content (AvgIpc) is 3.08. The van der Waals surface area contributed by atoms with Crippen molar-refractivity contribution in [1.29, 1.82) is 0 Å². The van der Waals surface area contributed by atoms with Crippen LogP contribution in [0.15, 0.2) is 29.2 Å². The highest BCUT2D eigenvalue weighted by Gasteiger charge is 2.08. The molecule has 0 saturated heterocycles. The molecule has 0 fully saturated rings. The van der Waals surface area contributed by atoms with E-state index in [2.05, 4.69) is 25.9 Å². The number of rotatable bonds is 4. The molecule has 8 nitrogen and oxygen atoms in total. The van der Waals surface area contributed by atoms with Crippen LogP contribution in [0.4, 0.5) is 10.5 Å². The first-order valence-electron chi connectivity index (χ1n) is 6.86. The predicted octanol–water partition coefficient (Wildman–Crippen LogP) is 1.63. The van der Waals surface area contributed by atoms with Crippen molar-refractivity contribution >= 4 is 22.8 Å². The van der Waals surface area contributed by atoms with Gasteiger partial charge in [0.2, 0.25) is 0 Å². The Bertz CT molecular complexity index is 793. The van der Waals surface area contributed by atoms with Crippen LogP contribution in [-0.4, -0.2) is 32.5 Å². The minimum absolute atomic E-state index is 0.279. The topological polar surface area (TPSA) is 97.9 Å². The van der Waals surface area contributed by atoms with Crippen LogP contribution in [0.2, 0.25) is 0 Å². The molecule has 0 atom stereocenters. The molecule has 0 spiro atoms. The number of nitrogens with zero attached hydrogens (tertiary/aromatic N) is 4. The first-order chi connectivity index (χ1) is 10.6. The minimum atomic E-state index is -0.279. The number of aromatic nitrogens is 4. The van der Waals surface area contributed by atoms with E-state index in [1.807, 2.05) is 20.0 Å². The third-order valence-corrected chi connectivity index (χ3v) is 3.30. The van der Waals surface area contributed by atoms with Crippen LogP contribution in [-0.2, 0) is 13.5 Å². The lowest BCUT2D eigenvalue weighted by molar-refractivity contribution is 0.252. The van der Waals surface area contributed by atoms with Crippen molar-refractivity contribution in [2.45, 2.75) is 13.3 Å². The molecular weight excluding hydrogens is 284 g/mol. The molecule has 114 valence electrons. The lowest BCUT2D eigenvalue weighted by atomic mass is 10.2. The number of anilines is 1. The standard InChI is InChI=1S/C14H16N6O2/c1-9-12-5-11(7-16-13(12)20(2)19-9)18-14(21)15-4-3-10-6-17-22-8-10/h5-8H,3-4H2,1-2H3,(H2,15,18,21). The zero-order valence-corrected chi connectivity index (χ0v) is 12.3. The summed E-state index contributed by atoms with van der Waals surface area (Å²) in [7, 11) is 1.84. The van der Waals surface area contributed by atoms with Crippen LogP contribution in [0.25, 0.3) is 11.0 Å². The Morgan fingerprint density at radius 1 is 1.41 bits per heavy atom. The largest absolute Gasteiger partial charge is 0.364 e. The van der Waals surface area contributed by atoms with Gasteiger partial charge in [-0.1, -0.05) is 5.16 Å². The van der Waals surface area contributed by atoms with Crippen molar-refractivity contribution in [2.24, 2.45) is 7.05 Å². The van der Waals surface area contributed by atoms with Gasteiger partial charge in [-0.25, -0.2) is 9.78 Å². The molecule has 0 saturated carbocycles. The molecule has 2 amide bonds. The molecule has 0 aliphatic heterocycles. The highest BCUT2D eigenvalue weighted by molar-refractivity contribution is 5.92. The maximum absolute atomic E-state index is 11.9. The number of urea groups is 1. The maximum atomic E-state index is 11.9. The van der Waals surface area contributed by atoms with Gasteiger partial charge in [0.15, 0.2) is 5.65 Å². The van der Waals surface area contributed by atoms with Gasteiger partial charge in [0.1, 0.15) is 6.26 Å². The van der Waals surface area contributed by atoms with E-state index in [1.165, 1.54) is 0 Å². The Kier molecular flexibility index (Phi) is 3.73. The number of nitrogens with one attached hydrogen (secondary N) is 2. The van der Waals surface area contributed by atoms with E-state index >= 15 is 0 Å². The van der Waals surface area contributed by atoms with Gasteiger partial charge in [0, 0.05) is 24.5 Å². The molecule has 2 N–H and O–H groups in total. The summed E-state index contributed by atoms with van der Waals surface area (Å²) in [6.07, 6.45) is 5.46. The zero-order valence-electron chi connectivity index (χ0n) is 12.3. The van der Waals surface area contributed by atoms with Gasteiger partial charge in [0.05, 0.1) is 23.8 Å². The Balaban J connectivity index is 1.60. The molecule has 0 bridgehead atoms. The summed E-state index contributed by atoms with van der Waals surface area (Å²) in [5.41, 5.74) is 3.23. The number of carbonyl (C=O) groups is 1. The van der Waals surface area contributed by atoms with E-state index in [1.54, 1.807) is 23.3 Å². The lowest BCUT2D eigenvalue weighted by Crippen LogP contribution is -2.30. The van der Waals surface area contributed by atoms with E-state index in [9.17, 15) is 4.79 Å². The fourth-order valence-electron chi connectivity index (χ4n) is 2.22. The van der Waals surface area contributed by atoms with Gasteiger partial charge >= 0.3 is 6.03 Å². The fourth-order valence-corrected chi connectivity index (χ4v) is 2.22.